The summed E-state index contributed by atoms with van der Waals surface area (Å²) in [6.45, 7) is 1.46. The highest BCUT2D eigenvalue weighted by atomic mass is 32.2. The van der Waals surface area contributed by atoms with E-state index in [2.05, 4.69) is 20.3 Å². The van der Waals surface area contributed by atoms with Gasteiger partial charge in [0.05, 0.1) is 32.1 Å². The van der Waals surface area contributed by atoms with Crippen molar-refractivity contribution in [1.82, 2.24) is 14.8 Å². The molecule has 0 fully saturated rings. The Kier molecular flexibility index (Phi) is 5.89. The molecule has 0 saturated heterocycles. The van der Waals surface area contributed by atoms with Crippen LogP contribution in [0.4, 0.5) is 16.6 Å². The van der Waals surface area contributed by atoms with E-state index in [9.17, 15) is 35.8 Å². The molecule has 2 heterocycles. The standard InChI is InChI=1S/C18H14N6O8S3/c1-8-14(21-22-18-20-15-10(17(25)26)3-2-4-12(15)33-18)16(19)24(23-8)11-7-9(34(27,28)29)5-6-13(11)35(30,31)32/h2-7H,19H2,1H3,(H,25,26)(H,27,28,29)(H,30,31,32)/b22-21+. The van der Waals surface area contributed by atoms with E-state index in [4.69, 9.17) is 5.73 Å². The van der Waals surface area contributed by atoms with Crippen LogP contribution in [0.2, 0.25) is 0 Å². The number of thiazole rings is 1. The highest BCUT2D eigenvalue weighted by Crippen LogP contribution is 2.35. The van der Waals surface area contributed by atoms with E-state index in [1.807, 2.05) is 0 Å². The third-order valence-electron chi connectivity index (χ3n) is 4.67. The zero-order valence-corrected chi connectivity index (χ0v) is 19.8. The van der Waals surface area contributed by atoms with Crippen LogP contribution >= 0.6 is 11.3 Å². The molecule has 35 heavy (non-hydrogen) atoms. The summed E-state index contributed by atoms with van der Waals surface area (Å²) in [5, 5.41) is 21.4. The number of aromatic nitrogens is 3. The summed E-state index contributed by atoms with van der Waals surface area (Å²) in [4.78, 5) is 14.2. The average Bonchev–Trinajstić information content (AvgIpc) is 3.30. The summed E-state index contributed by atoms with van der Waals surface area (Å²) in [6, 6.07) is 6.94. The molecule has 0 amide bonds. The molecule has 4 rings (SSSR count). The maximum atomic E-state index is 11.8. The van der Waals surface area contributed by atoms with Crippen molar-refractivity contribution >= 4 is 64.4 Å². The first kappa shape index (κ1) is 24.4. The Hall–Kier alpha value is -3.77. The van der Waals surface area contributed by atoms with Crippen molar-refractivity contribution < 1.29 is 35.8 Å². The number of nitrogens with two attached hydrogens (primary N) is 1. The van der Waals surface area contributed by atoms with Gasteiger partial charge in [-0.05, 0) is 37.3 Å². The van der Waals surface area contributed by atoms with Gasteiger partial charge >= 0.3 is 5.97 Å². The van der Waals surface area contributed by atoms with Crippen LogP contribution in [0, 0.1) is 6.92 Å². The van der Waals surface area contributed by atoms with E-state index < -0.39 is 41.7 Å². The molecule has 0 atom stereocenters. The molecule has 0 saturated carbocycles. The van der Waals surface area contributed by atoms with Crippen molar-refractivity contribution in [2.75, 3.05) is 5.73 Å². The summed E-state index contributed by atoms with van der Waals surface area (Å²) < 4.78 is 67.0. The molecule has 0 aliphatic carbocycles. The molecule has 4 aromatic rings. The minimum absolute atomic E-state index is 0.0137. The lowest BCUT2D eigenvalue weighted by atomic mass is 10.2. The first-order valence-electron chi connectivity index (χ1n) is 9.26. The fraction of sp³-hybridized carbons (Fsp3) is 0.0556. The van der Waals surface area contributed by atoms with Crippen LogP contribution in [0.15, 0.2) is 56.4 Å². The third kappa shape index (κ3) is 4.62. The number of fused-ring (bicyclic) bond motifs is 1. The number of carbonyl (C=O) groups is 1. The number of benzene rings is 2. The lowest BCUT2D eigenvalue weighted by Crippen LogP contribution is -2.11. The Morgan fingerprint density at radius 3 is 2.43 bits per heavy atom. The monoisotopic (exact) mass is 538 g/mol. The van der Waals surface area contributed by atoms with E-state index >= 15 is 0 Å². The van der Waals surface area contributed by atoms with Crippen LogP contribution in [0.1, 0.15) is 16.1 Å². The Balaban J connectivity index is 1.83. The van der Waals surface area contributed by atoms with Gasteiger partial charge in [-0.25, -0.2) is 14.5 Å². The van der Waals surface area contributed by atoms with Gasteiger partial charge in [-0.1, -0.05) is 17.4 Å². The molecule has 2 aromatic carbocycles. The number of nitrogens with zero attached hydrogens (tertiary/aromatic N) is 5. The van der Waals surface area contributed by atoms with Crippen LogP contribution in [0.3, 0.4) is 0 Å². The maximum absolute atomic E-state index is 11.8. The smallest absolute Gasteiger partial charge is 0.337 e. The van der Waals surface area contributed by atoms with Crippen molar-refractivity contribution in [3.63, 3.8) is 0 Å². The fourth-order valence-electron chi connectivity index (χ4n) is 3.13. The van der Waals surface area contributed by atoms with Crippen LogP contribution in [-0.4, -0.2) is 51.8 Å². The summed E-state index contributed by atoms with van der Waals surface area (Å²) in [5.41, 5.74) is 5.94. The Labute approximate surface area is 200 Å². The molecule has 0 unspecified atom stereocenters. The number of hydrogen-bond acceptors (Lipinski definition) is 11. The van der Waals surface area contributed by atoms with Crippen LogP contribution in [0.5, 0.6) is 0 Å². The predicted molar refractivity (Wildman–Crippen MR) is 123 cm³/mol. The molecule has 0 bridgehead atoms. The Bertz CT molecular complexity index is 1760. The second-order valence-electron chi connectivity index (χ2n) is 6.96. The maximum Gasteiger partial charge on any atom is 0.337 e. The largest absolute Gasteiger partial charge is 0.478 e. The summed E-state index contributed by atoms with van der Waals surface area (Å²) in [5.74, 6) is -1.43. The molecular formula is C18H14N6O8S3. The van der Waals surface area contributed by atoms with Gasteiger partial charge in [-0.3, -0.25) is 9.11 Å². The van der Waals surface area contributed by atoms with Crippen LogP contribution in [-0.2, 0) is 20.2 Å². The minimum atomic E-state index is -4.85. The zero-order valence-electron chi connectivity index (χ0n) is 17.4. The number of aromatic carboxylic acids is 1. The van der Waals surface area contributed by atoms with E-state index in [0.29, 0.717) is 4.70 Å². The molecule has 2 aromatic heterocycles. The van der Waals surface area contributed by atoms with E-state index in [1.54, 1.807) is 12.1 Å². The van der Waals surface area contributed by atoms with Gasteiger partial charge in [0.15, 0.2) is 11.5 Å². The van der Waals surface area contributed by atoms with Crippen LogP contribution < -0.4 is 5.73 Å². The van der Waals surface area contributed by atoms with Crippen molar-refractivity contribution in [3.05, 3.63) is 47.7 Å². The lowest BCUT2D eigenvalue weighted by Gasteiger charge is -2.10. The van der Waals surface area contributed by atoms with E-state index in [-0.39, 0.29) is 33.4 Å². The second-order valence-corrected chi connectivity index (χ2v) is 10.8. The first-order chi connectivity index (χ1) is 16.3. The van der Waals surface area contributed by atoms with Gasteiger partial charge in [-0.15, -0.1) is 10.2 Å². The van der Waals surface area contributed by atoms with Gasteiger partial charge in [0.2, 0.25) is 5.13 Å². The zero-order chi connectivity index (χ0) is 25.7. The van der Waals surface area contributed by atoms with E-state index in [0.717, 1.165) is 34.2 Å². The van der Waals surface area contributed by atoms with Gasteiger partial charge < -0.3 is 10.8 Å². The van der Waals surface area contributed by atoms with Gasteiger partial charge in [0.25, 0.3) is 20.2 Å². The molecule has 0 spiro atoms. The number of aryl methyl sites for hydroxylation is 1. The number of hydrogen-bond donors (Lipinski definition) is 4. The van der Waals surface area contributed by atoms with Crippen molar-refractivity contribution in [2.24, 2.45) is 10.2 Å². The van der Waals surface area contributed by atoms with Gasteiger partial charge in [-0.2, -0.15) is 21.9 Å². The Morgan fingerprint density at radius 1 is 1.09 bits per heavy atom. The summed E-state index contributed by atoms with van der Waals surface area (Å²) >= 11 is 1.06. The summed E-state index contributed by atoms with van der Waals surface area (Å²) in [7, 11) is -9.58. The van der Waals surface area contributed by atoms with Gasteiger partial charge in [0.1, 0.15) is 4.90 Å². The number of para-hydroxylation sites is 1. The first-order valence-corrected chi connectivity index (χ1v) is 13.0. The SMILES string of the molecule is Cc1nn(-c2cc(S(=O)(=O)O)ccc2S(=O)(=O)O)c(N)c1/N=N/c1nc2c(C(=O)O)cccc2s1. The van der Waals surface area contributed by atoms with Crippen molar-refractivity contribution in [2.45, 2.75) is 16.7 Å². The topological polar surface area (TPSA) is 227 Å². The molecule has 0 aliphatic heterocycles. The molecule has 5 N–H and O–H groups in total. The highest BCUT2D eigenvalue weighted by molar-refractivity contribution is 7.86. The molecule has 0 radical (unpaired) electrons. The average molecular weight is 539 g/mol. The predicted octanol–water partition coefficient (Wildman–Crippen LogP) is 2.98. The number of carboxylic acids is 1. The quantitative estimate of drug-likeness (QED) is 0.206. The second kappa shape index (κ2) is 8.47. The molecule has 14 nitrogen and oxygen atoms in total. The fourth-order valence-corrected chi connectivity index (χ4v) is 5.09. The Morgan fingerprint density at radius 2 is 1.80 bits per heavy atom. The van der Waals surface area contributed by atoms with Crippen LogP contribution in [0.25, 0.3) is 15.9 Å². The number of azo groups is 1. The normalized spacial score (nSPS) is 12.5. The summed E-state index contributed by atoms with van der Waals surface area (Å²) in [6.07, 6.45) is 0. The number of carboxylic acid groups (broad SMARTS) is 1. The lowest BCUT2D eigenvalue weighted by molar-refractivity contribution is 0.0698. The third-order valence-corrected chi connectivity index (χ3v) is 7.33. The van der Waals surface area contributed by atoms with Gasteiger partial charge in [0, 0.05) is 0 Å². The molecule has 0 aliphatic rings. The minimum Gasteiger partial charge on any atom is -0.478 e. The van der Waals surface area contributed by atoms with Crippen molar-refractivity contribution in [1.29, 1.82) is 0 Å². The number of rotatable bonds is 6. The number of anilines is 1. The molecule has 182 valence electrons. The van der Waals surface area contributed by atoms with E-state index in [1.165, 1.54) is 13.0 Å². The highest BCUT2D eigenvalue weighted by Gasteiger charge is 2.24. The molecular weight excluding hydrogens is 524 g/mol. The molecule has 17 heteroatoms. The number of nitrogen functional groups attached to an aromatic ring is 1. The van der Waals surface area contributed by atoms with Crippen molar-refractivity contribution in [3.8, 4) is 5.69 Å².